The van der Waals surface area contributed by atoms with Crippen molar-refractivity contribution in [1.82, 2.24) is 0 Å². The SMILES string of the molecule is C#CCCCCC(=O)OCCCC. The van der Waals surface area contributed by atoms with Gasteiger partial charge < -0.3 is 4.74 Å². The van der Waals surface area contributed by atoms with Crippen molar-refractivity contribution in [2.45, 2.75) is 45.4 Å². The van der Waals surface area contributed by atoms with E-state index in [1.807, 2.05) is 0 Å². The molecule has 0 aromatic heterocycles. The van der Waals surface area contributed by atoms with Crippen LogP contribution in [0.1, 0.15) is 45.4 Å². The number of ether oxygens (including phenoxy) is 1. The van der Waals surface area contributed by atoms with E-state index in [2.05, 4.69) is 12.8 Å². The van der Waals surface area contributed by atoms with E-state index in [4.69, 9.17) is 11.2 Å². The number of esters is 1. The molecule has 0 saturated carbocycles. The van der Waals surface area contributed by atoms with E-state index in [0.29, 0.717) is 13.0 Å². The zero-order valence-corrected chi connectivity index (χ0v) is 8.34. The number of carbonyl (C=O) groups excluding carboxylic acids is 1. The summed E-state index contributed by atoms with van der Waals surface area (Å²) < 4.78 is 4.97. The molecule has 0 fully saturated rings. The zero-order chi connectivity index (χ0) is 9.94. The molecule has 0 radical (unpaired) electrons. The number of hydrogen-bond donors (Lipinski definition) is 0. The van der Waals surface area contributed by atoms with Crippen molar-refractivity contribution in [1.29, 1.82) is 0 Å². The van der Waals surface area contributed by atoms with Crippen LogP contribution >= 0.6 is 0 Å². The Kier molecular flexibility index (Phi) is 8.44. The van der Waals surface area contributed by atoms with Gasteiger partial charge in [-0.2, -0.15) is 0 Å². The molecule has 0 aromatic carbocycles. The number of carbonyl (C=O) groups is 1. The van der Waals surface area contributed by atoms with Gasteiger partial charge in [-0.05, 0) is 19.3 Å². The summed E-state index contributed by atoms with van der Waals surface area (Å²) in [6, 6.07) is 0. The van der Waals surface area contributed by atoms with Gasteiger partial charge in [0.1, 0.15) is 0 Å². The predicted molar refractivity (Wildman–Crippen MR) is 53.2 cm³/mol. The topological polar surface area (TPSA) is 26.3 Å². The molecule has 2 heteroatoms. The zero-order valence-electron chi connectivity index (χ0n) is 8.34. The Bertz CT molecular complexity index is 167. The summed E-state index contributed by atoms with van der Waals surface area (Å²) in [5.74, 6) is 2.45. The fourth-order valence-electron chi connectivity index (χ4n) is 0.899. The third-order valence-electron chi connectivity index (χ3n) is 1.71. The Morgan fingerprint density at radius 2 is 2.15 bits per heavy atom. The van der Waals surface area contributed by atoms with E-state index in [-0.39, 0.29) is 5.97 Å². The fraction of sp³-hybridized carbons (Fsp3) is 0.727. The first-order valence-electron chi connectivity index (χ1n) is 4.90. The number of hydrogen-bond acceptors (Lipinski definition) is 2. The van der Waals surface area contributed by atoms with Gasteiger partial charge >= 0.3 is 5.97 Å². The minimum absolute atomic E-state index is 0.0922. The molecule has 13 heavy (non-hydrogen) atoms. The Labute approximate surface area is 80.7 Å². The van der Waals surface area contributed by atoms with Crippen LogP contribution in [0, 0.1) is 12.3 Å². The molecule has 0 saturated heterocycles. The van der Waals surface area contributed by atoms with E-state index in [1.165, 1.54) is 0 Å². The summed E-state index contributed by atoms with van der Waals surface area (Å²) in [4.78, 5) is 11.0. The lowest BCUT2D eigenvalue weighted by Crippen LogP contribution is -2.05. The number of unbranched alkanes of at least 4 members (excludes halogenated alkanes) is 3. The van der Waals surface area contributed by atoms with Gasteiger partial charge in [-0.3, -0.25) is 4.79 Å². The van der Waals surface area contributed by atoms with Crippen molar-refractivity contribution in [2.75, 3.05) is 6.61 Å². The molecule has 0 unspecified atom stereocenters. The van der Waals surface area contributed by atoms with Gasteiger partial charge in [-0.15, -0.1) is 12.3 Å². The Balaban J connectivity index is 3.16. The summed E-state index contributed by atoms with van der Waals surface area (Å²) in [6.07, 6.45) is 10.1. The molecule has 0 aliphatic rings. The van der Waals surface area contributed by atoms with Crippen LogP contribution in [0.15, 0.2) is 0 Å². The van der Waals surface area contributed by atoms with Crippen LogP contribution in [-0.2, 0) is 9.53 Å². The minimum Gasteiger partial charge on any atom is -0.466 e. The lowest BCUT2D eigenvalue weighted by atomic mass is 10.2. The Hall–Kier alpha value is -0.970. The lowest BCUT2D eigenvalue weighted by molar-refractivity contribution is -0.143. The molecule has 0 rings (SSSR count). The standard InChI is InChI=1S/C11H18O2/c1-3-5-7-8-9-11(12)13-10-6-4-2/h1H,4-10H2,2H3. The summed E-state index contributed by atoms with van der Waals surface area (Å²) in [5.41, 5.74) is 0. The van der Waals surface area contributed by atoms with Crippen LogP contribution in [0.2, 0.25) is 0 Å². The van der Waals surface area contributed by atoms with E-state index in [1.54, 1.807) is 0 Å². The molecule has 0 atom stereocenters. The summed E-state index contributed by atoms with van der Waals surface area (Å²) in [5, 5.41) is 0. The summed E-state index contributed by atoms with van der Waals surface area (Å²) in [6.45, 7) is 2.63. The largest absolute Gasteiger partial charge is 0.466 e. The van der Waals surface area contributed by atoms with Crippen molar-refractivity contribution < 1.29 is 9.53 Å². The Morgan fingerprint density at radius 3 is 2.77 bits per heavy atom. The third kappa shape index (κ3) is 8.94. The van der Waals surface area contributed by atoms with E-state index < -0.39 is 0 Å². The van der Waals surface area contributed by atoms with E-state index in [0.717, 1.165) is 32.1 Å². The molecular weight excluding hydrogens is 164 g/mol. The first-order valence-corrected chi connectivity index (χ1v) is 4.90. The van der Waals surface area contributed by atoms with Crippen molar-refractivity contribution >= 4 is 5.97 Å². The molecule has 0 amide bonds. The highest BCUT2D eigenvalue weighted by Gasteiger charge is 2.00. The third-order valence-corrected chi connectivity index (χ3v) is 1.71. The highest BCUT2D eigenvalue weighted by atomic mass is 16.5. The van der Waals surface area contributed by atoms with Gasteiger partial charge in [0.15, 0.2) is 0 Å². The van der Waals surface area contributed by atoms with Crippen molar-refractivity contribution in [3.63, 3.8) is 0 Å². The molecular formula is C11H18O2. The molecule has 0 aromatic rings. The maximum absolute atomic E-state index is 11.0. The van der Waals surface area contributed by atoms with E-state index in [9.17, 15) is 4.79 Å². The van der Waals surface area contributed by atoms with Crippen molar-refractivity contribution in [3.8, 4) is 12.3 Å². The minimum atomic E-state index is -0.0922. The number of terminal acetylenes is 1. The smallest absolute Gasteiger partial charge is 0.305 e. The molecule has 74 valence electrons. The summed E-state index contributed by atoms with van der Waals surface area (Å²) >= 11 is 0. The van der Waals surface area contributed by atoms with Gasteiger partial charge in [0.2, 0.25) is 0 Å². The van der Waals surface area contributed by atoms with Crippen LogP contribution in [0.5, 0.6) is 0 Å². The van der Waals surface area contributed by atoms with Gasteiger partial charge in [-0.1, -0.05) is 13.3 Å². The average molecular weight is 182 g/mol. The van der Waals surface area contributed by atoms with Crippen molar-refractivity contribution in [2.24, 2.45) is 0 Å². The van der Waals surface area contributed by atoms with Gasteiger partial charge in [0.05, 0.1) is 6.61 Å². The molecule has 0 aliphatic heterocycles. The molecule has 0 bridgehead atoms. The van der Waals surface area contributed by atoms with Gasteiger partial charge in [0, 0.05) is 12.8 Å². The maximum Gasteiger partial charge on any atom is 0.305 e. The van der Waals surface area contributed by atoms with Crippen LogP contribution in [-0.4, -0.2) is 12.6 Å². The molecule has 0 heterocycles. The first-order chi connectivity index (χ1) is 6.31. The maximum atomic E-state index is 11.0. The predicted octanol–water partition coefficient (Wildman–Crippen LogP) is 2.52. The second kappa shape index (κ2) is 9.12. The average Bonchev–Trinajstić information content (AvgIpc) is 2.13. The molecule has 0 aliphatic carbocycles. The fourth-order valence-corrected chi connectivity index (χ4v) is 0.899. The second-order valence-corrected chi connectivity index (χ2v) is 2.99. The Morgan fingerprint density at radius 1 is 1.38 bits per heavy atom. The number of rotatable bonds is 7. The quantitative estimate of drug-likeness (QED) is 0.343. The van der Waals surface area contributed by atoms with Crippen LogP contribution in [0.25, 0.3) is 0 Å². The first kappa shape index (κ1) is 12.0. The van der Waals surface area contributed by atoms with Crippen LogP contribution < -0.4 is 0 Å². The molecule has 0 N–H and O–H groups in total. The normalized spacial score (nSPS) is 9.23. The van der Waals surface area contributed by atoms with Crippen LogP contribution in [0.4, 0.5) is 0 Å². The van der Waals surface area contributed by atoms with Gasteiger partial charge in [-0.25, -0.2) is 0 Å². The van der Waals surface area contributed by atoms with E-state index >= 15 is 0 Å². The van der Waals surface area contributed by atoms with Gasteiger partial charge in [0.25, 0.3) is 0 Å². The molecule has 2 nitrogen and oxygen atoms in total. The van der Waals surface area contributed by atoms with Crippen molar-refractivity contribution in [3.05, 3.63) is 0 Å². The monoisotopic (exact) mass is 182 g/mol. The molecule has 0 spiro atoms. The lowest BCUT2D eigenvalue weighted by Gasteiger charge is -2.02. The highest BCUT2D eigenvalue weighted by Crippen LogP contribution is 2.01. The second-order valence-electron chi connectivity index (χ2n) is 2.99. The summed E-state index contributed by atoms with van der Waals surface area (Å²) in [7, 11) is 0. The van der Waals surface area contributed by atoms with Crippen LogP contribution in [0.3, 0.4) is 0 Å². The highest BCUT2D eigenvalue weighted by molar-refractivity contribution is 5.69.